The fourth-order valence-corrected chi connectivity index (χ4v) is 3.17. The molecule has 0 saturated heterocycles. The van der Waals surface area contributed by atoms with Gasteiger partial charge in [-0.25, -0.2) is 10.5 Å². The molecule has 0 amide bonds. The monoisotopic (exact) mass is 363 g/mol. The molecule has 138 valence electrons. The summed E-state index contributed by atoms with van der Waals surface area (Å²) in [6, 6.07) is 0. The average Bonchev–Trinajstić information content (AvgIpc) is 2.57. The van der Waals surface area contributed by atoms with E-state index in [2.05, 4.69) is 23.7 Å². The first-order chi connectivity index (χ1) is 11.3. The summed E-state index contributed by atoms with van der Waals surface area (Å²) < 4.78 is 9.74. The van der Waals surface area contributed by atoms with Crippen LogP contribution >= 0.6 is 7.15 Å². The Hall–Kier alpha value is 0.270. The third-order valence-corrected chi connectivity index (χ3v) is 5.25. The zero-order valence-electron chi connectivity index (χ0n) is 15.1. The van der Waals surface area contributed by atoms with Crippen molar-refractivity contribution in [3.63, 3.8) is 0 Å². The van der Waals surface area contributed by atoms with E-state index in [0.29, 0.717) is 6.61 Å². The molecule has 0 bridgehead atoms. The fourth-order valence-electron chi connectivity index (χ4n) is 2.54. The SMILES string of the molecule is CCCCCCCC/C=C/CCCCCCCCO[PH](=S)ON. The number of hydrogen-bond acceptors (Lipinski definition) is 4. The summed E-state index contributed by atoms with van der Waals surface area (Å²) in [6.07, 6.45) is 23.2. The van der Waals surface area contributed by atoms with E-state index in [0.717, 1.165) is 6.42 Å². The van der Waals surface area contributed by atoms with E-state index < -0.39 is 7.15 Å². The molecule has 1 unspecified atom stereocenters. The number of nitrogens with two attached hydrogens (primary N) is 1. The van der Waals surface area contributed by atoms with E-state index in [1.807, 2.05) is 0 Å². The van der Waals surface area contributed by atoms with Crippen LogP contribution in [-0.2, 0) is 21.0 Å². The third kappa shape index (κ3) is 20.2. The molecule has 0 aromatic heterocycles. The van der Waals surface area contributed by atoms with Crippen molar-refractivity contribution in [3.05, 3.63) is 12.2 Å². The summed E-state index contributed by atoms with van der Waals surface area (Å²) in [5.74, 6) is 4.95. The first kappa shape index (κ1) is 23.3. The van der Waals surface area contributed by atoms with Gasteiger partial charge in [0.15, 0.2) is 7.15 Å². The van der Waals surface area contributed by atoms with Crippen molar-refractivity contribution in [1.82, 2.24) is 0 Å². The van der Waals surface area contributed by atoms with Gasteiger partial charge in [-0.05, 0) is 43.9 Å². The molecule has 0 fully saturated rings. The Kier molecular flexibility index (Phi) is 20.6. The van der Waals surface area contributed by atoms with Gasteiger partial charge in [-0.1, -0.05) is 76.9 Å². The molecule has 0 aliphatic rings. The van der Waals surface area contributed by atoms with Crippen LogP contribution < -0.4 is 5.90 Å². The molecule has 2 N–H and O–H groups in total. The molecule has 0 heterocycles. The molecule has 0 rings (SSSR count). The van der Waals surface area contributed by atoms with Crippen LogP contribution in [0.5, 0.6) is 0 Å². The van der Waals surface area contributed by atoms with Gasteiger partial charge in [0.05, 0.1) is 6.61 Å². The highest BCUT2D eigenvalue weighted by molar-refractivity contribution is 8.00. The predicted molar refractivity (Wildman–Crippen MR) is 106 cm³/mol. The van der Waals surface area contributed by atoms with Gasteiger partial charge in [-0.2, -0.15) is 0 Å². The maximum Gasteiger partial charge on any atom is 0.195 e. The highest BCUT2D eigenvalue weighted by atomic mass is 32.4. The van der Waals surface area contributed by atoms with Crippen molar-refractivity contribution in [3.8, 4) is 0 Å². The summed E-state index contributed by atoms with van der Waals surface area (Å²) in [7, 11) is -1.60. The molecular formula is C18H38NO2PS. The largest absolute Gasteiger partial charge is 0.330 e. The Balaban J connectivity index is 3.09. The second-order valence-electron chi connectivity index (χ2n) is 6.15. The Morgan fingerprint density at radius 2 is 1.26 bits per heavy atom. The standard InChI is InChI=1S/C18H38NO2PS/c1-2-3-4-5-6-7-8-9-10-11-12-13-14-15-16-17-18-20-22(23)21-19/h9-10,22H,2-8,11-19H2,1H3/b10-9+. The highest BCUT2D eigenvalue weighted by Crippen LogP contribution is 2.21. The number of allylic oxidation sites excluding steroid dienone is 2. The van der Waals surface area contributed by atoms with Crippen molar-refractivity contribution in [2.24, 2.45) is 5.90 Å². The van der Waals surface area contributed by atoms with Crippen LogP contribution in [0.2, 0.25) is 0 Å². The highest BCUT2D eigenvalue weighted by Gasteiger charge is 1.94. The molecule has 0 aromatic rings. The first-order valence-corrected chi connectivity index (χ1v) is 11.9. The lowest BCUT2D eigenvalue weighted by Crippen LogP contribution is -1.93. The van der Waals surface area contributed by atoms with E-state index in [4.69, 9.17) is 22.2 Å². The Morgan fingerprint density at radius 3 is 1.78 bits per heavy atom. The van der Waals surface area contributed by atoms with E-state index in [1.165, 1.54) is 83.5 Å². The zero-order chi connectivity index (χ0) is 17.0. The van der Waals surface area contributed by atoms with Gasteiger partial charge in [0.1, 0.15) is 0 Å². The lowest BCUT2D eigenvalue weighted by Gasteiger charge is -2.04. The minimum atomic E-state index is -1.60. The smallest absolute Gasteiger partial charge is 0.195 e. The van der Waals surface area contributed by atoms with E-state index in [9.17, 15) is 0 Å². The summed E-state index contributed by atoms with van der Waals surface area (Å²) >= 11 is 4.87. The van der Waals surface area contributed by atoms with Crippen LogP contribution in [-0.4, -0.2) is 6.61 Å². The normalized spacial score (nSPS) is 13.0. The van der Waals surface area contributed by atoms with Crippen molar-refractivity contribution in [2.45, 2.75) is 96.8 Å². The quantitative estimate of drug-likeness (QED) is 0.132. The summed E-state index contributed by atoms with van der Waals surface area (Å²) in [5.41, 5.74) is 0. The van der Waals surface area contributed by atoms with Gasteiger partial charge in [-0.15, -0.1) is 0 Å². The Bertz CT molecular complexity index is 288. The molecule has 1 atom stereocenters. The van der Waals surface area contributed by atoms with Gasteiger partial charge in [0.2, 0.25) is 0 Å². The minimum absolute atomic E-state index is 0.691. The molecular weight excluding hydrogens is 325 g/mol. The van der Waals surface area contributed by atoms with Gasteiger partial charge in [-0.3, -0.25) is 0 Å². The summed E-state index contributed by atoms with van der Waals surface area (Å²) in [4.78, 5) is 0. The first-order valence-electron chi connectivity index (χ1n) is 9.49. The van der Waals surface area contributed by atoms with Crippen molar-refractivity contribution >= 4 is 19.0 Å². The number of rotatable bonds is 18. The molecule has 0 aliphatic heterocycles. The summed E-state index contributed by atoms with van der Waals surface area (Å²) in [6.45, 7) is 2.96. The van der Waals surface area contributed by atoms with Crippen LogP contribution in [0.25, 0.3) is 0 Å². The van der Waals surface area contributed by atoms with Gasteiger partial charge in [0.25, 0.3) is 0 Å². The lowest BCUT2D eigenvalue weighted by atomic mass is 10.1. The van der Waals surface area contributed by atoms with Crippen LogP contribution in [0, 0.1) is 0 Å². The molecule has 0 aromatic carbocycles. The molecule has 0 saturated carbocycles. The molecule has 0 aliphatic carbocycles. The minimum Gasteiger partial charge on any atom is -0.330 e. The van der Waals surface area contributed by atoms with Crippen LogP contribution in [0.15, 0.2) is 12.2 Å². The topological polar surface area (TPSA) is 44.5 Å². The second kappa shape index (κ2) is 20.3. The van der Waals surface area contributed by atoms with Crippen LogP contribution in [0.4, 0.5) is 0 Å². The van der Waals surface area contributed by atoms with Crippen LogP contribution in [0.1, 0.15) is 96.8 Å². The molecule has 0 spiro atoms. The van der Waals surface area contributed by atoms with Gasteiger partial charge < -0.3 is 4.52 Å². The predicted octanol–water partition coefficient (Wildman–Crippen LogP) is 6.44. The molecule has 3 nitrogen and oxygen atoms in total. The van der Waals surface area contributed by atoms with Gasteiger partial charge >= 0.3 is 0 Å². The molecule has 0 radical (unpaired) electrons. The Labute approximate surface area is 149 Å². The second-order valence-corrected chi connectivity index (χ2v) is 8.18. The van der Waals surface area contributed by atoms with E-state index in [-0.39, 0.29) is 0 Å². The van der Waals surface area contributed by atoms with E-state index in [1.54, 1.807) is 0 Å². The van der Waals surface area contributed by atoms with E-state index >= 15 is 0 Å². The maximum absolute atomic E-state index is 5.27. The third-order valence-electron chi connectivity index (χ3n) is 3.97. The van der Waals surface area contributed by atoms with Crippen LogP contribution in [0.3, 0.4) is 0 Å². The van der Waals surface area contributed by atoms with Crippen molar-refractivity contribution < 1.29 is 9.15 Å². The molecule has 5 heteroatoms. The van der Waals surface area contributed by atoms with Crippen molar-refractivity contribution in [1.29, 1.82) is 0 Å². The molecule has 23 heavy (non-hydrogen) atoms. The summed E-state index contributed by atoms with van der Waals surface area (Å²) in [5, 5.41) is 0. The lowest BCUT2D eigenvalue weighted by molar-refractivity contribution is 0.264. The average molecular weight is 364 g/mol. The fraction of sp³-hybridized carbons (Fsp3) is 0.889. The Morgan fingerprint density at radius 1 is 0.783 bits per heavy atom. The zero-order valence-corrected chi connectivity index (χ0v) is 16.9. The number of hydrogen-bond donors (Lipinski definition) is 1. The van der Waals surface area contributed by atoms with Crippen molar-refractivity contribution in [2.75, 3.05) is 6.61 Å². The van der Waals surface area contributed by atoms with Gasteiger partial charge in [0, 0.05) is 0 Å². The number of unbranched alkanes of at least 4 members (excludes halogenated alkanes) is 12. The maximum atomic E-state index is 5.27.